The largest absolute Gasteiger partial charge is 0.505 e. The number of anilines is 3. The molecule has 1 aliphatic rings. The summed E-state index contributed by atoms with van der Waals surface area (Å²) in [5, 5.41) is 25.0. The molecule has 0 aliphatic carbocycles. The second-order valence-electron chi connectivity index (χ2n) is 9.22. The number of pyridine rings is 3. The topological polar surface area (TPSA) is 141 Å². The van der Waals surface area contributed by atoms with Crippen molar-refractivity contribution in [3.05, 3.63) is 64.4 Å². The Balaban J connectivity index is 1.48. The first kappa shape index (κ1) is 26.5. The van der Waals surface area contributed by atoms with E-state index in [9.17, 15) is 14.7 Å². The van der Waals surface area contributed by atoms with Crippen LogP contribution in [-0.4, -0.2) is 56.2 Å². The van der Waals surface area contributed by atoms with E-state index in [1.165, 1.54) is 13.1 Å². The predicted octanol–water partition coefficient (Wildman–Crippen LogP) is 5.89. The minimum absolute atomic E-state index is 0.0956. The molecule has 4 heterocycles. The van der Waals surface area contributed by atoms with Gasteiger partial charge in [0.1, 0.15) is 11.3 Å². The summed E-state index contributed by atoms with van der Waals surface area (Å²) in [6.45, 7) is 2.77. The molecule has 0 saturated carbocycles. The number of benzene rings is 1. The number of rotatable bonds is 6. The highest BCUT2D eigenvalue weighted by Crippen LogP contribution is 2.37. The number of ketones is 1. The zero-order valence-corrected chi connectivity index (χ0v) is 22.3. The molecule has 1 aromatic carbocycles. The normalized spacial score (nSPS) is 15.3. The second kappa shape index (κ2) is 10.9. The fourth-order valence-corrected chi connectivity index (χ4v) is 5.09. The van der Waals surface area contributed by atoms with Gasteiger partial charge in [0.25, 0.3) is 0 Å². The van der Waals surface area contributed by atoms with Crippen LogP contribution in [0.25, 0.3) is 22.3 Å². The number of aromatic hydroxyl groups is 1. The fourth-order valence-electron chi connectivity index (χ4n) is 4.60. The third-order valence-corrected chi connectivity index (χ3v) is 7.07. The lowest BCUT2D eigenvalue weighted by Crippen LogP contribution is -2.47. The van der Waals surface area contributed by atoms with Crippen LogP contribution in [0, 0.1) is 0 Å². The molecule has 10 nitrogen and oxygen atoms in total. The lowest BCUT2D eigenvalue weighted by molar-refractivity contribution is 0.101. The molecule has 1 unspecified atom stereocenters. The van der Waals surface area contributed by atoms with E-state index in [-0.39, 0.29) is 27.6 Å². The van der Waals surface area contributed by atoms with Gasteiger partial charge in [-0.2, -0.15) is 0 Å². The van der Waals surface area contributed by atoms with Gasteiger partial charge in [0.2, 0.25) is 0 Å². The van der Waals surface area contributed by atoms with Crippen molar-refractivity contribution >= 4 is 63.3 Å². The molecule has 4 aromatic rings. The van der Waals surface area contributed by atoms with Gasteiger partial charge in [-0.25, -0.2) is 14.8 Å². The Morgan fingerprint density at radius 3 is 2.51 bits per heavy atom. The Labute approximate surface area is 233 Å². The summed E-state index contributed by atoms with van der Waals surface area (Å²) in [6, 6.07) is 10.2. The number of fused-ring (bicyclic) bond motifs is 1. The van der Waals surface area contributed by atoms with Gasteiger partial charge in [0, 0.05) is 30.9 Å². The molecule has 0 spiro atoms. The van der Waals surface area contributed by atoms with Crippen LogP contribution in [-0.2, 0) is 0 Å². The first-order chi connectivity index (χ1) is 18.7. The monoisotopic (exact) mass is 566 g/mol. The van der Waals surface area contributed by atoms with Crippen LogP contribution >= 0.6 is 23.2 Å². The summed E-state index contributed by atoms with van der Waals surface area (Å²) in [6.07, 6.45) is 3.76. The van der Waals surface area contributed by atoms with Crippen LogP contribution in [0.5, 0.6) is 5.75 Å². The van der Waals surface area contributed by atoms with E-state index in [1.54, 1.807) is 30.5 Å². The van der Waals surface area contributed by atoms with Crippen LogP contribution in [0.3, 0.4) is 0 Å². The van der Waals surface area contributed by atoms with E-state index in [4.69, 9.17) is 33.3 Å². The quantitative estimate of drug-likeness (QED) is 0.210. The van der Waals surface area contributed by atoms with E-state index in [2.05, 4.69) is 20.6 Å². The first-order valence-corrected chi connectivity index (χ1v) is 12.9. The lowest BCUT2D eigenvalue weighted by atomic mass is 10.1. The van der Waals surface area contributed by atoms with Gasteiger partial charge in [0.05, 0.1) is 44.4 Å². The van der Waals surface area contributed by atoms with Crippen LogP contribution < -0.4 is 15.5 Å². The number of hydrogen-bond donors (Lipinski definition) is 4. The number of carboxylic acid groups (broad SMARTS) is 1. The number of piperidine rings is 1. The van der Waals surface area contributed by atoms with E-state index >= 15 is 0 Å². The van der Waals surface area contributed by atoms with Gasteiger partial charge in [-0.1, -0.05) is 23.2 Å². The smallest absolute Gasteiger partial charge is 0.404 e. The molecule has 12 heteroatoms. The van der Waals surface area contributed by atoms with Gasteiger partial charge >= 0.3 is 6.09 Å². The number of carbonyl (C=O) groups excluding carboxylic acids is 1. The van der Waals surface area contributed by atoms with Gasteiger partial charge in [-0.05, 0) is 56.2 Å². The van der Waals surface area contributed by atoms with E-state index in [0.717, 1.165) is 25.2 Å². The number of aromatic nitrogens is 3. The molecule has 1 amide bonds. The lowest BCUT2D eigenvalue weighted by Gasteiger charge is -2.33. The van der Waals surface area contributed by atoms with Crippen molar-refractivity contribution in [2.24, 2.45) is 0 Å². The minimum atomic E-state index is -1.03. The summed E-state index contributed by atoms with van der Waals surface area (Å²) < 4.78 is 0. The van der Waals surface area contributed by atoms with E-state index in [1.807, 2.05) is 17.0 Å². The Bertz CT molecular complexity index is 1560. The summed E-state index contributed by atoms with van der Waals surface area (Å²) in [5.74, 6) is 0.329. The molecule has 1 fully saturated rings. The van der Waals surface area contributed by atoms with E-state index in [0.29, 0.717) is 45.8 Å². The number of phenols is 1. The average Bonchev–Trinajstić information content (AvgIpc) is 2.91. The standard InChI is InChI=1S/C27H24Cl2N6O4/c1-14(36)18-12-30-22-6-5-21(15-9-19(28)26(37)20(29)10-15)34-25(22)24(18)32-16-4-7-23(31-11-16)35-8-2-3-17(13-35)33-27(38)39/h4-7,9-12,17,33,37H,2-3,8,13H2,1H3,(H,30,32)(H,38,39). The van der Waals surface area contributed by atoms with Gasteiger partial charge in [-0.15, -0.1) is 0 Å². The number of Topliss-reactive ketones (excluding diaryl/α,β-unsaturated/α-hetero) is 1. The molecule has 39 heavy (non-hydrogen) atoms. The molecule has 1 atom stereocenters. The van der Waals surface area contributed by atoms with Crippen molar-refractivity contribution in [1.82, 2.24) is 20.3 Å². The Morgan fingerprint density at radius 2 is 1.85 bits per heavy atom. The van der Waals surface area contributed by atoms with Crippen molar-refractivity contribution in [1.29, 1.82) is 0 Å². The maximum atomic E-state index is 12.5. The minimum Gasteiger partial charge on any atom is -0.505 e. The van der Waals surface area contributed by atoms with Crippen molar-refractivity contribution in [2.45, 2.75) is 25.8 Å². The van der Waals surface area contributed by atoms with Crippen molar-refractivity contribution in [3.63, 3.8) is 0 Å². The Morgan fingerprint density at radius 1 is 1.08 bits per heavy atom. The number of nitrogens with zero attached hydrogens (tertiary/aromatic N) is 4. The third-order valence-electron chi connectivity index (χ3n) is 6.49. The van der Waals surface area contributed by atoms with Crippen LogP contribution in [0.4, 0.5) is 22.0 Å². The molecule has 1 saturated heterocycles. The van der Waals surface area contributed by atoms with Crippen LogP contribution in [0.1, 0.15) is 30.1 Å². The molecular formula is C27H24Cl2N6O4. The van der Waals surface area contributed by atoms with Gasteiger partial charge in [-0.3, -0.25) is 9.78 Å². The number of phenolic OH excluding ortho intramolecular Hbond substituents is 1. The number of carbonyl (C=O) groups is 2. The van der Waals surface area contributed by atoms with Crippen LogP contribution in [0.15, 0.2) is 48.8 Å². The zero-order valence-electron chi connectivity index (χ0n) is 20.8. The van der Waals surface area contributed by atoms with Crippen molar-refractivity contribution < 1.29 is 19.8 Å². The molecule has 0 bridgehead atoms. The molecule has 5 rings (SSSR count). The number of nitrogens with one attached hydrogen (secondary N) is 2. The maximum Gasteiger partial charge on any atom is 0.404 e. The number of amides is 1. The van der Waals surface area contributed by atoms with Crippen molar-refractivity contribution in [3.8, 4) is 17.0 Å². The molecular weight excluding hydrogens is 543 g/mol. The molecule has 0 radical (unpaired) electrons. The maximum absolute atomic E-state index is 12.5. The number of halogens is 2. The van der Waals surface area contributed by atoms with Gasteiger partial charge in [0.15, 0.2) is 11.5 Å². The van der Waals surface area contributed by atoms with E-state index < -0.39 is 6.09 Å². The Hall–Kier alpha value is -4.15. The molecule has 3 aromatic heterocycles. The average molecular weight is 567 g/mol. The molecule has 200 valence electrons. The zero-order chi connectivity index (χ0) is 27.7. The SMILES string of the molecule is CC(=O)c1cnc2ccc(-c3cc(Cl)c(O)c(Cl)c3)nc2c1Nc1ccc(N2CCCC(NC(=O)O)C2)nc1. The van der Waals surface area contributed by atoms with Crippen LogP contribution in [0.2, 0.25) is 10.0 Å². The highest BCUT2D eigenvalue weighted by Gasteiger charge is 2.22. The number of hydrogen-bond acceptors (Lipinski definition) is 8. The molecule has 4 N–H and O–H groups in total. The predicted molar refractivity (Wildman–Crippen MR) is 151 cm³/mol. The Kier molecular flexibility index (Phi) is 7.40. The summed E-state index contributed by atoms with van der Waals surface area (Å²) >= 11 is 12.2. The highest BCUT2D eigenvalue weighted by atomic mass is 35.5. The summed E-state index contributed by atoms with van der Waals surface area (Å²) in [7, 11) is 0. The van der Waals surface area contributed by atoms with Gasteiger partial charge < -0.3 is 25.7 Å². The second-order valence-corrected chi connectivity index (χ2v) is 10.0. The highest BCUT2D eigenvalue weighted by molar-refractivity contribution is 6.37. The first-order valence-electron chi connectivity index (χ1n) is 12.2. The fraction of sp³-hybridized carbons (Fsp3) is 0.222. The third kappa shape index (κ3) is 5.67. The summed E-state index contributed by atoms with van der Waals surface area (Å²) in [5.41, 5.74) is 3.61. The van der Waals surface area contributed by atoms with Crippen molar-refractivity contribution in [2.75, 3.05) is 23.3 Å². The summed E-state index contributed by atoms with van der Waals surface area (Å²) in [4.78, 5) is 39.3. The molecule has 1 aliphatic heterocycles.